The first-order chi connectivity index (χ1) is 10.2. The predicted octanol–water partition coefficient (Wildman–Crippen LogP) is 2.78. The highest BCUT2D eigenvalue weighted by Crippen LogP contribution is 2.48. The van der Waals surface area contributed by atoms with Crippen LogP contribution in [0.25, 0.3) is 0 Å². The Morgan fingerprint density at radius 1 is 1.38 bits per heavy atom. The summed E-state index contributed by atoms with van der Waals surface area (Å²) < 4.78 is 13.4. The van der Waals surface area contributed by atoms with Crippen LogP contribution in [-0.2, 0) is 5.41 Å². The molecule has 1 aliphatic rings. The maximum Gasteiger partial charge on any atom is 0.191 e. The highest BCUT2D eigenvalue weighted by molar-refractivity contribution is 7.98. The van der Waals surface area contributed by atoms with Crippen molar-refractivity contribution < 1.29 is 4.39 Å². The molecule has 0 radical (unpaired) electrons. The van der Waals surface area contributed by atoms with Gasteiger partial charge in [-0.15, -0.1) is 0 Å². The number of hydrogen-bond donors (Lipinski definition) is 2. The summed E-state index contributed by atoms with van der Waals surface area (Å²) in [6, 6.07) is 6.95. The summed E-state index contributed by atoms with van der Waals surface area (Å²) in [5.41, 5.74) is 1.12. The van der Waals surface area contributed by atoms with E-state index in [1.165, 1.54) is 6.07 Å². The molecule has 0 spiro atoms. The average molecular weight is 309 g/mol. The van der Waals surface area contributed by atoms with E-state index in [0.29, 0.717) is 6.54 Å². The van der Waals surface area contributed by atoms with Crippen LogP contribution in [0.15, 0.2) is 29.3 Å². The minimum absolute atomic E-state index is 0.0456. The van der Waals surface area contributed by atoms with Crippen LogP contribution in [0.2, 0.25) is 0 Å². The van der Waals surface area contributed by atoms with Crippen molar-refractivity contribution in [1.82, 2.24) is 10.6 Å². The van der Waals surface area contributed by atoms with Crippen LogP contribution in [-0.4, -0.2) is 37.6 Å². The molecular weight excluding hydrogens is 285 g/mol. The van der Waals surface area contributed by atoms with Gasteiger partial charge in [-0.3, -0.25) is 4.99 Å². The highest BCUT2D eigenvalue weighted by atomic mass is 32.2. The van der Waals surface area contributed by atoms with Crippen LogP contribution in [0.4, 0.5) is 4.39 Å². The zero-order chi connectivity index (χ0) is 15.1. The van der Waals surface area contributed by atoms with Crippen LogP contribution in [0.3, 0.4) is 0 Å². The van der Waals surface area contributed by atoms with Crippen molar-refractivity contribution in [2.45, 2.75) is 25.2 Å². The van der Waals surface area contributed by atoms with Crippen molar-refractivity contribution in [1.29, 1.82) is 0 Å². The SMILES string of the molecule is CCNC(=NCC1(c2cccc(F)c2)CC1)NCCSC. The first-order valence-electron chi connectivity index (χ1n) is 7.47. The fourth-order valence-corrected chi connectivity index (χ4v) is 2.66. The van der Waals surface area contributed by atoms with Crippen molar-refractivity contribution in [3.05, 3.63) is 35.6 Å². The molecule has 0 amide bonds. The molecule has 0 bridgehead atoms. The number of nitrogens with zero attached hydrogens (tertiary/aromatic N) is 1. The van der Waals surface area contributed by atoms with E-state index in [2.05, 4.69) is 28.8 Å². The Kier molecular flexibility index (Phi) is 5.91. The van der Waals surface area contributed by atoms with Crippen LogP contribution in [0, 0.1) is 5.82 Å². The molecular formula is C16H24FN3S. The minimum atomic E-state index is -0.159. The number of rotatable bonds is 7. The Hall–Kier alpha value is -1.23. The van der Waals surface area contributed by atoms with Gasteiger partial charge in [-0.2, -0.15) is 11.8 Å². The Balaban J connectivity index is 1.99. The highest BCUT2D eigenvalue weighted by Gasteiger charge is 2.44. The Morgan fingerprint density at radius 2 is 2.19 bits per heavy atom. The number of guanidine groups is 1. The van der Waals surface area contributed by atoms with Gasteiger partial charge in [0.15, 0.2) is 5.96 Å². The third-order valence-electron chi connectivity index (χ3n) is 3.77. The molecule has 1 saturated carbocycles. The van der Waals surface area contributed by atoms with E-state index in [9.17, 15) is 4.39 Å². The summed E-state index contributed by atoms with van der Waals surface area (Å²) >= 11 is 1.81. The number of nitrogens with one attached hydrogen (secondary N) is 2. The summed E-state index contributed by atoms with van der Waals surface area (Å²) in [5, 5.41) is 6.59. The number of halogens is 1. The van der Waals surface area contributed by atoms with Crippen molar-refractivity contribution >= 4 is 17.7 Å². The quantitative estimate of drug-likeness (QED) is 0.462. The van der Waals surface area contributed by atoms with Crippen LogP contribution in [0.5, 0.6) is 0 Å². The molecule has 116 valence electrons. The lowest BCUT2D eigenvalue weighted by molar-refractivity contribution is 0.616. The molecule has 0 heterocycles. The second-order valence-corrected chi connectivity index (χ2v) is 6.39. The monoisotopic (exact) mass is 309 g/mol. The van der Waals surface area contributed by atoms with Gasteiger partial charge in [0.05, 0.1) is 6.54 Å². The zero-order valence-corrected chi connectivity index (χ0v) is 13.6. The van der Waals surface area contributed by atoms with E-state index in [1.807, 2.05) is 17.8 Å². The molecule has 1 fully saturated rings. The molecule has 1 aromatic carbocycles. The van der Waals surface area contributed by atoms with E-state index >= 15 is 0 Å². The first kappa shape index (κ1) is 16.1. The maximum atomic E-state index is 13.4. The molecule has 21 heavy (non-hydrogen) atoms. The number of thioether (sulfide) groups is 1. The molecule has 0 saturated heterocycles. The smallest absolute Gasteiger partial charge is 0.191 e. The van der Waals surface area contributed by atoms with Gasteiger partial charge in [-0.25, -0.2) is 4.39 Å². The average Bonchev–Trinajstić information content (AvgIpc) is 3.26. The molecule has 2 rings (SSSR count). The third-order valence-corrected chi connectivity index (χ3v) is 4.39. The zero-order valence-electron chi connectivity index (χ0n) is 12.8. The molecule has 1 aromatic rings. The van der Waals surface area contributed by atoms with Gasteiger partial charge in [0.2, 0.25) is 0 Å². The number of aliphatic imine (C=N–C) groups is 1. The normalized spacial score (nSPS) is 16.6. The number of benzene rings is 1. The summed E-state index contributed by atoms with van der Waals surface area (Å²) in [4.78, 5) is 4.69. The van der Waals surface area contributed by atoms with Gasteiger partial charge in [0.25, 0.3) is 0 Å². The maximum absolute atomic E-state index is 13.4. The van der Waals surface area contributed by atoms with E-state index in [1.54, 1.807) is 12.1 Å². The Labute approximate surface area is 130 Å². The van der Waals surface area contributed by atoms with E-state index < -0.39 is 0 Å². The van der Waals surface area contributed by atoms with Crippen molar-refractivity contribution in [3.63, 3.8) is 0 Å². The van der Waals surface area contributed by atoms with Crippen molar-refractivity contribution in [2.75, 3.05) is 31.6 Å². The standard InChI is InChI=1S/C16H24FN3S/c1-3-18-15(19-9-10-21-2)20-12-16(7-8-16)13-5-4-6-14(17)11-13/h4-6,11H,3,7-10,12H2,1-2H3,(H2,18,19,20). The Morgan fingerprint density at radius 3 is 2.81 bits per heavy atom. The molecule has 0 aliphatic heterocycles. The van der Waals surface area contributed by atoms with Gasteiger partial charge in [0.1, 0.15) is 5.82 Å². The van der Waals surface area contributed by atoms with Crippen LogP contribution < -0.4 is 10.6 Å². The van der Waals surface area contributed by atoms with Crippen LogP contribution in [0.1, 0.15) is 25.3 Å². The van der Waals surface area contributed by atoms with Gasteiger partial charge in [-0.05, 0) is 43.7 Å². The molecule has 2 N–H and O–H groups in total. The van der Waals surface area contributed by atoms with E-state index in [0.717, 1.165) is 43.2 Å². The van der Waals surface area contributed by atoms with Crippen LogP contribution >= 0.6 is 11.8 Å². The third kappa shape index (κ3) is 4.63. The Bertz CT molecular complexity index is 486. The predicted molar refractivity (Wildman–Crippen MR) is 89.7 cm³/mol. The first-order valence-corrected chi connectivity index (χ1v) is 8.87. The van der Waals surface area contributed by atoms with Crippen molar-refractivity contribution in [2.24, 2.45) is 4.99 Å². The van der Waals surface area contributed by atoms with Gasteiger partial charge in [-0.1, -0.05) is 12.1 Å². The summed E-state index contributed by atoms with van der Waals surface area (Å²) in [6.07, 6.45) is 4.27. The minimum Gasteiger partial charge on any atom is -0.357 e. The topological polar surface area (TPSA) is 36.4 Å². The second-order valence-electron chi connectivity index (χ2n) is 5.41. The lowest BCUT2D eigenvalue weighted by atomic mass is 9.96. The largest absolute Gasteiger partial charge is 0.357 e. The van der Waals surface area contributed by atoms with Crippen molar-refractivity contribution in [3.8, 4) is 0 Å². The van der Waals surface area contributed by atoms with Gasteiger partial charge in [0, 0.05) is 24.3 Å². The fraction of sp³-hybridized carbons (Fsp3) is 0.562. The van der Waals surface area contributed by atoms with Gasteiger partial charge >= 0.3 is 0 Å². The molecule has 0 unspecified atom stereocenters. The lowest BCUT2D eigenvalue weighted by Gasteiger charge is -2.16. The summed E-state index contributed by atoms with van der Waals surface area (Å²) in [7, 11) is 0. The van der Waals surface area contributed by atoms with E-state index in [4.69, 9.17) is 0 Å². The van der Waals surface area contributed by atoms with Gasteiger partial charge < -0.3 is 10.6 Å². The second kappa shape index (κ2) is 7.69. The van der Waals surface area contributed by atoms with E-state index in [-0.39, 0.29) is 11.2 Å². The molecule has 1 aliphatic carbocycles. The lowest BCUT2D eigenvalue weighted by Crippen LogP contribution is -2.39. The molecule has 0 atom stereocenters. The summed E-state index contributed by atoms with van der Waals surface area (Å²) in [6.45, 7) is 4.52. The molecule has 0 aromatic heterocycles. The summed E-state index contributed by atoms with van der Waals surface area (Å²) in [5.74, 6) is 1.75. The molecule has 3 nitrogen and oxygen atoms in total. The fourth-order valence-electron chi connectivity index (χ4n) is 2.35. The number of hydrogen-bond acceptors (Lipinski definition) is 2. The molecule has 5 heteroatoms.